The van der Waals surface area contributed by atoms with Gasteiger partial charge in [-0.1, -0.05) is 24.3 Å². The van der Waals surface area contributed by atoms with Crippen LogP contribution in [0.15, 0.2) is 53.0 Å². The summed E-state index contributed by atoms with van der Waals surface area (Å²) in [6.07, 6.45) is 0. The number of hydrogen-bond acceptors (Lipinski definition) is 2. The Bertz CT molecular complexity index is 604. The minimum atomic E-state index is -0.531. The molecule has 0 saturated heterocycles. The van der Waals surface area contributed by atoms with Crippen molar-refractivity contribution in [2.75, 3.05) is 13.2 Å². The molecule has 0 fully saturated rings. The van der Waals surface area contributed by atoms with Gasteiger partial charge in [0.15, 0.2) is 0 Å². The largest absolute Gasteiger partial charge is 0.491 e. The van der Waals surface area contributed by atoms with Gasteiger partial charge in [0, 0.05) is 0 Å². The van der Waals surface area contributed by atoms with Gasteiger partial charge >= 0.3 is 0 Å². The highest BCUT2D eigenvalue weighted by molar-refractivity contribution is 9.10. The predicted octanol–water partition coefficient (Wildman–Crippen LogP) is 3.40. The maximum absolute atomic E-state index is 13.4. The number of carbonyl (C=O) groups excluding carboxylic acids is 1. The third kappa shape index (κ3) is 3.81. The summed E-state index contributed by atoms with van der Waals surface area (Å²) in [5.41, 5.74) is 0.0355. The van der Waals surface area contributed by atoms with Gasteiger partial charge in [0.05, 0.1) is 16.6 Å². The van der Waals surface area contributed by atoms with E-state index in [0.29, 0.717) is 18.9 Å². The molecular formula is C15H13BrFNO2. The lowest BCUT2D eigenvalue weighted by Gasteiger charge is -2.09. The zero-order valence-corrected chi connectivity index (χ0v) is 12.2. The molecule has 2 aromatic carbocycles. The van der Waals surface area contributed by atoms with Gasteiger partial charge < -0.3 is 10.1 Å². The highest BCUT2D eigenvalue weighted by Gasteiger charge is 2.09. The van der Waals surface area contributed by atoms with Gasteiger partial charge in [0.25, 0.3) is 5.91 Å². The minimum Gasteiger partial charge on any atom is -0.491 e. The van der Waals surface area contributed by atoms with E-state index in [-0.39, 0.29) is 5.56 Å². The molecule has 0 unspecified atom stereocenters. The molecule has 0 aromatic heterocycles. The molecule has 0 saturated carbocycles. The second kappa shape index (κ2) is 7.05. The van der Waals surface area contributed by atoms with E-state index in [1.165, 1.54) is 12.1 Å². The number of nitrogens with one attached hydrogen (secondary N) is 1. The van der Waals surface area contributed by atoms with Crippen molar-refractivity contribution in [3.8, 4) is 5.75 Å². The smallest absolute Gasteiger partial charge is 0.254 e. The number of ether oxygens (including phenoxy) is 1. The third-order valence-electron chi connectivity index (χ3n) is 2.60. The van der Waals surface area contributed by atoms with E-state index in [0.717, 1.165) is 4.47 Å². The first-order valence-corrected chi connectivity index (χ1v) is 6.88. The van der Waals surface area contributed by atoms with Crippen LogP contribution in [0.3, 0.4) is 0 Å². The molecule has 0 heterocycles. The van der Waals surface area contributed by atoms with E-state index in [1.807, 2.05) is 24.3 Å². The molecule has 20 heavy (non-hydrogen) atoms. The van der Waals surface area contributed by atoms with Crippen LogP contribution >= 0.6 is 15.9 Å². The molecule has 1 N–H and O–H groups in total. The normalized spacial score (nSPS) is 10.1. The summed E-state index contributed by atoms with van der Waals surface area (Å²) in [6, 6.07) is 13.3. The van der Waals surface area contributed by atoms with Crippen molar-refractivity contribution in [2.45, 2.75) is 0 Å². The van der Waals surface area contributed by atoms with Gasteiger partial charge in [-0.05, 0) is 40.2 Å². The van der Waals surface area contributed by atoms with Gasteiger partial charge in [-0.3, -0.25) is 4.79 Å². The summed E-state index contributed by atoms with van der Waals surface area (Å²) in [4.78, 5) is 11.7. The molecule has 2 rings (SSSR count). The second-order valence-electron chi connectivity index (χ2n) is 4.01. The van der Waals surface area contributed by atoms with E-state index in [2.05, 4.69) is 21.2 Å². The van der Waals surface area contributed by atoms with Crippen molar-refractivity contribution in [1.29, 1.82) is 0 Å². The molecule has 0 aliphatic rings. The molecule has 2 aromatic rings. The SMILES string of the molecule is O=C(NCCOc1ccccc1Br)c1ccccc1F. The van der Waals surface area contributed by atoms with Crippen molar-refractivity contribution in [1.82, 2.24) is 5.32 Å². The van der Waals surface area contributed by atoms with Crippen LogP contribution in [-0.4, -0.2) is 19.1 Å². The van der Waals surface area contributed by atoms with Crippen molar-refractivity contribution in [3.63, 3.8) is 0 Å². The number of hydrogen-bond donors (Lipinski definition) is 1. The first-order chi connectivity index (χ1) is 9.68. The fraction of sp³-hybridized carbons (Fsp3) is 0.133. The van der Waals surface area contributed by atoms with Gasteiger partial charge in [-0.15, -0.1) is 0 Å². The molecule has 0 spiro atoms. The number of rotatable bonds is 5. The molecule has 104 valence electrons. The van der Waals surface area contributed by atoms with Gasteiger partial charge in [0.1, 0.15) is 18.2 Å². The number of amides is 1. The third-order valence-corrected chi connectivity index (χ3v) is 3.26. The summed E-state index contributed by atoms with van der Waals surface area (Å²) >= 11 is 3.36. The zero-order valence-electron chi connectivity index (χ0n) is 10.6. The van der Waals surface area contributed by atoms with Crippen LogP contribution in [0, 0.1) is 5.82 Å². The van der Waals surface area contributed by atoms with Crippen LogP contribution < -0.4 is 10.1 Å². The Hall–Kier alpha value is -1.88. The van der Waals surface area contributed by atoms with E-state index >= 15 is 0 Å². The van der Waals surface area contributed by atoms with Crippen LogP contribution in [0.1, 0.15) is 10.4 Å². The predicted molar refractivity (Wildman–Crippen MR) is 78.4 cm³/mol. The molecule has 0 aliphatic heterocycles. The fourth-order valence-electron chi connectivity index (χ4n) is 1.63. The van der Waals surface area contributed by atoms with Crippen LogP contribution in [-0.2, 0) is 0 Å². The maximum atomic E-state index is 13.4. The Labute approximate surface area is 124 Å². The Kier molecular flexibility index (Phi) is 5.12. The Morgan fingerprint density at radius 2 is 1.85 bits per heavy atom. The van der Waals surface area contributed by atoms with Crippen molar-refractivity contribution < 1.29 is 13.9 Å². The van der Waals surface area contributed by atoms with E-state index in [4.69, 9.17) is 4.74 Å². The summed E-state index contributed by atoms with van der Waals surface area (Å²) in [7, 11) is 0. The standard InChI is InChI=1S/C15H13BrFNO2/c16-12-6-2-4-8-14(12)20-10-9-18-15(19)11-5-1-3-7-13(11)17/h1-8H,9-10H2,(H,18,19). The Morgan fingerprint density at radius 3 is 2.60 bits per heavy atom. The number of halogens is 2. The van der Waals surface area contributed by atoms with Gasteiger partial charge in [-0.2, -0.15) is 0 Å². The van der Waals surface area contributed by atoms with Crippen LogP contribution in [0.25, 0.3) is 0 Å². The summed E-state index contributed by atoms with van der Waals surface area (Å²) in [6.45, 7) is 0.608. The lowest BCUT2D eigenvalue weighted by Crippen LogP contribution is -2.28. The van der Waals surface area contributed by atoms with Crippen LogP contribution in [0.4, 0.5) is 4.39 Å². The van der Waals surface area contributed by atoms with Gasteiger partial charge in [0.2, 0.25) is 0 Å². The summed E-state index contributed by atoms with van der Waals surface area (Å²) in [5, 5.41) is 2.61. The van der Waals surface area contributed by atoms with Crippen molar-refractivity contribution in [3.05, 3.63) is 64.4 Å². The molecular weight excluding hydrogens is 325 g/mol. The summed E-state index contributed by atoms with van der Waals surface area (Å²) < 4.78 is 19.7. The van der Waals surface area contributed by atoms with E-state index < -0.39 is 11.7 Å². The van der Waals surface area contributed by atoms with E-state index in [1.54, 1.807) is 12.1 Å². The lowest BCUT2D eigenvalue weighted by molar-refractivity contribution is 0.0943. The van der Waals surface area contributed by atoms with Gasteiger partial charge in [-0.25, -0.2) is 4.39 Å². The quantitative estimate of drug-likeness (QED) is 0.849. The fourth-order valence-corrected chi connectivity index (χ4v) is 2.03. The van der Waals surface area contributed by atoms with Crippen molar-refractivity contribution >= 4 is 21.8 Å². The Morgan fingerprint density at radius 1 is 1.15 bits per heavy atom. The van der Waals surface area contributed by atoms with E-state index in [9.17, 15) is 9.18 Å². The molecule has 0 radical (unpaired) electrons. The first-order valence-electron chi connectivity index (χ1n) is 6.08. The molecule has 5 heteroatoms. The highest BCUT2D eigenvalue weighted by atomic mass is 79.9. The lowest BCUT2D eigenvalue weighted by atomic mass is 10.2. The molecule has 3 nitrogen and oxygen atoms in total. The van der Waals surface area contributed by atoms with Crippen LogP contribution in [0.5, 0.6) is 5.75 Å². The molecule has 0 bridgehead atoms. The Balaban J connectivity index is 1.81. The number of para-hydroxylation sites is 1. The number of carbonyl (C=O) groups is 1. The molecule has 0 aliphatic carbocycles. The topological polar surface area (TPSA) is 38.3 Å². The van der Waals surface area contributed by atoms with Crippen LogP contribution in [0.2, 0.25) is 0 Å². The highest BCUT2D eigenvalue weighted by Crippen LogP contribution is 2.23. The minimum absolute atomic E-state index is 0.0355. The monoisotopic (exact) mass is 337 g/mol. The maximum Gasteiger partial charge on any atom is 0.254 e. The molecule has 1 amide bonds. The molecule has 0 atom stereocenters. The average molecular weight is 338 g/mol. The van der Waals surface area contributed by atoms with Crippen molar-refractivity contribution in [2.24, 2.45) is 0 Å². The number of benzene rings is 2. The first kappa shape index (κ1) is 14.5. The zero-order chi connectivity index (χ0) is 14.4. The summed E-state index contributed by atoms with van der Waals surface area (Å²) in [5.74, 6) is -0.275. The average Bonchev–Trinajstić information content (AvgIpc) is 2.45. The second-order valence-corrected chi connectivity index (χ2v) is 4.87.